The van der Waals surface area contributed by atoms with E-state index in [4.69, 9.17) is 4.52 Å². The Morgan fingerprint density at radius 1 is 1.14 bits per heavy atom. The molecule has 0 radical (unpaired) electrons. The summed E-state index contributed by atoms with van der Waals surface area (Å²) in [4.78, 5) is 0. The highest BCUT2D eigenvalue weighted by molar-refractivity contribution is 5.81. The molecule has 1 saturated heterocycles. The molecule has 0 aromatic carbocycles. The lowest BCUT2D eigenvalue weighted by molar-refractivity contribution is 0.240. The number of aromatic nitrogens is 2. The molecule has 5 heteroatoms. The van der Waals surface area contributed by atoms with Gasteiger partial charge in [-0.2, -0.15) is 5.10 Å². The fourth-order valence-corrected chi connectivity index (χ4v) is 2.87. The van der Waals surface area contributed by atoms with Crippen molar-refractivity contribution in [3.63, 3.8) is 0 Å². The number of rotatable bonds is 3. The molecule has 0 aliphatic carbocycles. The minimum Gasteiger partial charge on any atom is -0.360 e. The predicted molar refractivity (Wildman–Crippen MR) is 83.1 cm³/mol. The van der Waals surface area contributed by atoms with Crippen LogP contribution in [0.1, 0.15) is 42.0 Å². The van der Waals surface area contributed by atoms with Crippen LogP contribution in [-0.2, 0) is 0 Å². The first-order chi connectivity index (χ1) is 10.1. The van der Waals surface area contributed by atoms with E-state index in [9.17, 15) is 0 Å². The molecule has 0 unspecified atom stereocenters. The van der Waals surface area contributed by atoms with Crippen LogP contribution in [0.2, 0.25) is 0 Å². The Balaban J connectivity index is 1.85. The number of piperidine rings is 1. The summed E-state index contributed by atoms with van der Waals surface area (Å²) >= 11 is 0. The van der Waals surface area contributed by atoms with Crippen molar-refractivity contribution >= 4 is 6.21 Å². The molecule has 2 aromatic rings. The third-order valence-corrected chi connectivity index (χ3v) is 4.01. The summed E-state index contributed by atoms with van der Waals surface area (Å²) in [6.45, 7) is 8.21. The van der Waals surface area contributed by atoms with E-state index in [1.807, 2.05) is 19.2 Å². The molecule has 2 aromatic heterocycles. The van der Waals surface area contributed by atoms with Gasteiger partial charge in [-0.3, -0.25) is 9.58 Å². The van der Waals surface area contributed by atoms with Gasteiger partial charge in [0.15, 0.2) is 5.82 Å². The molecule has 1 fully saturated rings. The standard InChI is InChI=1S/C16H22N4O/c1-12-9-15(11-17-19-7-5-4-6-8-19)14(3)20(12)16-10-13(2)21-18-16/h9-11H,4-8H2,1-3H3/b17-11-. The Morgan fingerprint density at radius 2 is 1.90 bits per heavy atom. The molecule has 1 aliphatic rings. The summed E-state index contributed by atoms with van der Waals surface area (Å²) in [5, 5.41) is 10.9. The van der Waals surface area contributed by atoms with Gasteiger partial charge in [0, 0.05) is 36.1 Å². The van der Waals surface area contributed by atoms with Crippen LogP contribution in [0, 0.1) is 20.8 Å². The summed E-state index contributed by atoms with van der Waals surface area (Å²) in [5.74, 6) is 1.65. The lowest BCUT2D eigenvalue weighted by atomic mass is 10.2. The molecule has 0 amide bonds. The van der Waals surface area contributed by atoms with Gasteiger partial charge in [0.05, 0.1) is 6.21 Å². The zero-order valence-corrected chi connectivity index (χ0v) is 13.0. The highest BCUT2D eigenvalue weighted by atomic mass is 16.5. The minimum absolute atomic E-state index is 0.820. The Hall–Kier alpha value is -2.04. The van der Waals surface area contributed by atoms with Gasteiger partial charge < -0.3 is 4.52 Å². The van der Waals surface area contributed by atoms with Crippen molar-refractivity contribution in [2.45, 2.75) is 40.0 Å². The van der Waals surface area contributed by atoms with Gasteiger partial charge in [-0.25, -0.2) is 0 Å². The Bertz CT molecular complexity index is 647. The van der Waals surface area contributed by atoms with Crippen molar-refractivity contribution in [2.24, 2.45) is 5.10 Å². The van der Waals surface area contributed by atoms with Crippen molar-refractivity contribution in [1.82, 2.24) is 14.7 Å². The highest BCUT2D eigenvalue weighted by Crippen LogP contribution is 2.20. The summed E-state index contributed by atoms with van der Waals surface area (Å²) in [7, 11) is 0. The SMILES string of the molecule is Cc1cc(-n2c(C)cc(/C=N\N3CCCCC3)c2C)no1. The van der Waals surface area contributed by atoms with E-state index < -0.39 is 0 Å². The number of hydrogen-bond donors (Lipinski definition) is 0. The van der Waals surface area contributed by atoms with Crippen LogP contribution in [0.3, 0.4) is 0 Å². The van der Waals surface area contributed by atoms with E-state index in [-0.39, 0.29) is 0 Å². The Kier molecular flexibility index (Phi) is 3.82. The van der Waals surface area contributed by atoms with Crippen molar-refractivity contribution in [3.05, 3.63) is 34.8 Å². The first-order valence-corrected chi connectivity index (χ1v) is 7.57. The van der Waals surface area contributed by atoms with Crippen LogP contribution >= 0.6 is 0 Å². The van der Waals surface area contributed by atoms with E-state index >= 15 is 0 Å². The van der Waals surface area contributed by atoms with Gasteiger partial charge >= 0.3 is 0 Å². The molecule has 112 valence electrons. The van der Waals surface area contributed by atoms with Crippen LogP contribution in [0.4, 0.5) is 0 Å². The van der Waals surface area contributed by atoms with Crippen LogP contribution in [0.5, 0.6) is 0 Å². The molecule has 0 atom stereocenters. The minimum atomic E-state index is 0.820. The smallest absolute Gasteiger partial charge is 0.180 e. The predicted octanol–water partition coefficient (Wildman–Crippen LogP) is 3.21. The van der Waals surface area contributed by atoms with Crippen molar-refractivity contribution in [2.75, 3.05) is 13.1 Å². The maximum absolute atomic E-state index is 5.18. The molecule has 0 N–H and O–H groups in total. The maximum Gasteiger partial charge on any atom is 0.180 e. The Morgan fingerprint density at radius 3 is 2.57 bits per heavy atom. The van der Waals surface area contributed by atoms with Crippen molar-refractivity contribution < 1.29 is 4.52 Å². The van der Waals surface area contributed by atoms with Gasteiger partial charge in [-0.1, -0.05) is 5.16 Å². The van der Waals surface area contributed by atoms with E-state index in [1.54, 1.807) is 0 Å². The fraction of sp³-hybridized carbons (Fsp3) is 0.500. The summed E-state index contributed by atoms with van der Waals surface area (Å²) < 4.78 is 7.29. The zero-order valence-electron chi connectivity index (χ0n) is 13.0. The van der Waals surface area contributed by atoms with Crippen LogP contribution in [0.15, 0.2) is 21.8 Å². The highest BCUT2D eigenvalue weighted by Gasteiger charge is 2.13. The number of nitrogens with zero attached hydrogens (tertiary/aromatic N) is 4. The second-order valence-corrected chi connectivity index (χ2v) is 5.72. The average Bonchev–Trinajstić information content (AvgIpc) is 3.01. The largest absolute Gasteiger partial charge is 0.360 e. The third-order valence-electron chi connectivity index (χ3n) is 4.01. The summed E-state index contributed by atoms with van der Waals surface area (Å²) in [6.07, 6.45) is 5.78. The van der Waals surface area contributed by atoms with E-state index in [0.29, 0.717) is 0 Å². The molecule has 0 bridgehead atoms. The molecule has 0 spiro atoms. The van der Waals surface area contributed by atoms with Gasteiger partial charge in [0.2, 0.25) is 0 Å². The zero-order chi connectivity index (χ0) is 14.8. The second kappa shape index (κ2) is 5.76. The molecular formula is C16H22N4O. The fourth-order valence-electron chi connectivity index (χ4n) is 2.87. The first-order valence-electron chi connectivity index (χ1n) is 7.57. The number of hydrogen-bond acceptors (Lipinski definition) is 4. The van der Waals surface area contributed by atoms with E-state index in [0.717, 1.165) is 41.6 Å². The van der Waals surface area contributed by atoms with E-state index in [2.05, 4.69) is 39.7 Å². The van der Waals surface area contributed by atoms with Crippen molar-refractivity contribution in [1.29, 1.82) is 0 Å². The van der Waals surface area contributed by atoms with Crippen molar-refractivity contribution in [3.8, 4) is 5.82 Å². The summed E-state index contributed by atoms with van der Waals surface area (Å²) in [6, 6.07) is 4.10. The number of hydrazone groups is 1. The monoisotopic (exact) mass is 286 g/mol. The van der Waals surface area contributed by atoms with Gasteiger partial charge in [0.1, 0.15) is 5.76 Å². The molecule has 3 heterocycles. The van der Waals surface area contributed by atoms with Crippen LogP contribution in [0.25, 0.3) is 5.82 Å². The summed E-state index contributed by atoms with van der Waals surface area (Å²) in [5.41, 5.74) is 3.42. The average molecular weight is 286 g/mol. The maximum atomic E-state index is 5.18. The van der Waals surface area contributed by atoms with Gasteiger partial charge in [0.25, 0.3) is 0 Å². The molecule has 21 heavy (non-hydrogen) atoms. The normalized spacial score (nSPS) is 16.0. The third kappa shape index (κ3) is 2.86. The lowest BCUT2D eigenvalue weighted by Gasteiger charge is -2.23. The lowest BCUT2D eigenvalue weighted by Crippen LogP contribution is -2.24. The molecule has 0 saturated carbocycles. The molecule has 3 rings (SSSR count). The first kappa shape index (κ1) is 13.9. The quantitative estimate of drug-likeness (QED) is 0.814. The molecular weight excluding hydrogens is 264 g/mol. The van der Waals surface area contributed by atoms with E-state index in [1.165, 1.54) is 19.3 Å². The molecule has 1 aliphatic heterocycles. The second-order valence-electron chi connectivity index (χ2n) is 5.72. The Labute approximate surface area is 125 Å². The van der Waals surface area contributed by atoms with Crippen LogP contribution < -0.4 is 0 Å². The van der Waals surface area contributed by atoms with Gasteiger partial charge in [-0.15, -0.1) is 0 Å². The number of aryl methyl sites for hydroxylation is 2. The van der Waals surface area contributed by atoms with Gasteiger partial charge in [-0.05, 0) is 46.1 Å². The molecule has 5 nitrogen and oxygen atoms in total. The van der Waals surface area contributed by atoms with Crippen LogP contribution in [-0.4, -0.2) is 34.0 Å². The topological polar surface area (TPSA) is 46.6 Å².